The second-order valence-corrected chi connectivity index (χ2v) is 6.16. The summed E-state index contributed by atoms with van der Waals surface area (Å²) in [6.45, 7) is 4.18. The fourth-order valence-electron chi connectivity index (χ4n) is 2.15. The van der Waals surface area contributed by atoms with Gasteiger partial charge >= 0.3 is 0 Å². The molecule has 0 saturated carbocycles. The first-order valence-electron chi connectivity index (χ1n) is 8.38. The molecule has 0 aliphatic carbocycles. The van der Waals surface area contributed by atoms with Gasteiger partial charge in [0.25, 0.3) is 0 Å². The monoisotopic (exact) mass is 350 g/mol. The molecular formula is C20H22N4O2. The second-order valence-electron chi connectivity index (χ2n) is 6.16. The van der Waals surface area contributed by atoms with Crippen molar-refractivity contribution < 1.29 is 9.59 Å². The van der Waals surface area contributed by atoms with Crippen LogP contribution in [0.3, 0.4) is 0 Å². The number of rotatable bonds is 7. The molecule has 0 saturated heterocycles. The van der Waals surface area contributed by atoms with E-state index in [0.717, 1.165) is 11.3 Å². The van der Waals surface area contributed by atoms with Crippen LogP contribution in [0.15, 0.2) is 48.5 Å². The molecule has 0 unspecified atom stereocenters. The number of benzene rings is 2. The van der Waals surface area contributed by atoms with Gasteiger partial charge in [0, 0.05) is 23.8 Å². The predicted molar refractivity (Wildman–Crippen MR) is 101 cm³/mol. The Bertz CT molecular complexity index is 807. The van der Waals surface area contributed by atoms with Gasteiger partial charge in [-0.05, 0) is 42.0 Å². The Labute approximate surface area is 153 Å². The first kappa shape index (κ1) is 19.0. The molecule has 2 amide bonds. The number of amides is 2. The molecule has 26 heavy (non-hydrogen) atoms. The highest BCUT2D eigenvalue weighted by Crippen LogP contribution is 2.12. The van der Waals surface area contributed by atoms with E-state index in [1.807, 2.05) is 44.2 Å². The number of carbonyl (C=O) groups excluding carboxylic acids is 2. The lowest BCUT2D eigenvalue weighted by Crippen LogP contribution is -2.29. The number of nitrogens with zero attached hydrogens (tertiary/aromatic N) is 1. The normalized spacial score (nSPS) is 10.1. The number of carbonyl (C=O) groups is 2. The van der Waals surface area contributed by atoms with Crippen LogP contribution in [-0.2, 0) is 16.1 Å². The standard InChI is InChI=1S/C20H22N4O2/c1-14(2)20(26)24-18-5-3-4-16(10-18)12-23-19(25)13-22-17-8-6-15(11-21)7-9-17/h3-10,14,22H,12-13H2,1-2H3,(H,23,25)(H,24,26). The van der Waals surface area contributed by atoms with Crippen LogP contribution in [0.2, 0.25) is 0 Å². The summed E-state index contributed by atoms with van der Waals surface area (Å²) in [6, 6.07) is 16.3. The summed E-state index contributed by atoms with van der Waals surface area (Å²) in [5, 5.41) is 17.4. The van der Waals surface area contributed by atoms with Crippen molar-refractivity contribution in [2.75, 3.05) is 17.2 Å². The highest BCUT2D eigenvalue weighted by molar-refractivity contribution is 5.92. The molecule has 0 atom stereocenters. The molecule has 6 nitrogen and oxygen atoms in total. The minimum atomic E-state index is -0.147. The number of hydrogen-bond donors (Lipinski definition) is 3. The van der Waals surface area contributed by atoms with Gasteiger partial charge in [0.15, 0.2) is 0 Å². The summed E-state index contributed by atoms with van der Waals surface area (Å²) >= 11 is 0. The molecule has 3 N–H and O–H groups in total. The van der Waals surface area contributed by atoms with Crippen LogP contribution < -0.4 is 16.0 Å². The molecule has 6 heteroatoms. The third-order valence-corrected chi connectivity index (χ3v) is 3.68. The highest BCUT2D eigenvalue weighted by Gasteiger charge is 2.07. The minimum Gasteiger partial charge on any atom is -0.376 e. The maximum Gasteiger partial charge on any atom is 0.239 e. The van der Waals surface area contributed by atoms with Gasteiger partial charge in [-0.3, -0.25) is 9.59 Å². The summed E-state index contributed by atoms with van der Waals surface area (Å²) in [4.78, 5) is 23.7. The maximum absolute atomic E-state index is 12.0. The zero-order chi connectivity index (χ0) is 18.9. The van der Waals surface area contributed by atoms with E-state index in [1.54, 1.807) is 24.3 Å². The number of nitriles is 1. The van der Waals surface area contributed by atoms with Gasteiger partial charge in [-0.2, -0.15) is 5.26 Å². The van der Waals surface area contributed by atoms with Gasteiger partial charge in [-0.1, -0.05) is 26.0 Å². The molecule has 0 spiro atoms. The molecule has 134 valence electrons. The minimum absolute atomic E-state index is 0.0437. The van der Waals surface area contributed by atoms with Gasteiger partial charge in [0.2, 0.25) is 11.8 Å². The van der Waals surface area contributed by atoms with E-state index in [0.29, 0.717) is 17.8 Å². The van der Waals surface area contributed by atoms with Crippen LogP contribution in [0.25, 0.3) is 0 Å². The Morgan fingerprint density at radius 2 is 1.81 bits per heavy atom. The van der Waals surface area contributed by atoms with Crippen LogP contribution in [0.5, 0.6) is 0 Å². The first-order valence-corrected chi connectivity index (χ1v) is 8.38. The van der Waals surface area contributed by atoms with E-state index in [4.69, 9.17) is 5.26 Å². The van der Waals surface area contributed by atoms with Gasteiger partial charge < -0.3 is 16.0 Å². The van der Waals surface area contributed by atoms with Crippen LogP contribution in [-0.4, -0.2) is 18.4 Å². The number of hydrogen-bond acceptors (Lipinski definition) is 4. The lowest BCUT2D eigenvalue weighted by molar-refractivity contribution is -0.120. The van der Waals surface area contributed by atoms with Crippen molar-refractivity contribution in [1.82, 2.24) is 5.32 Å². The van der Waals surface area contributed by atoms with Crippen molar-refractivity contribution in [3.8, 4) is 6.07 Å². The Morgan fingerprint density at radius 3 is 2.46 bits per heavy atom. The largest absolute Gasteiger partial charge is 0.376 e. The molecular weight excluding hydrogens is 328 g/mol. The van der Waals surface area contributed by atoms with Crippen molar-refractivity contribution in [2.45, 2.75) is 20.4 Å². The van der Waals surface area contributed by atoms with Crippen molar-refractivity contribution in [2.24, 2.45) is 5.92 Å². The fraction of sp³-hybridized carbons (Fsp3) is 0.250. The predicted octanol–water partition coefficient (Wildman–Crippen LogP) is 2.88. The van der Waals surface area contributed by atoms with Crippen LogP contribution in [0, 0.1) is 17.2 Å². The molecule has 2 rings (SSSR count). The van der Waals surface area contributed by atoms with Crippen LogP contribution in [0.4, 0.5) is 11.4 Å². The third-order valence-electron chi connectivity index (χ3n) is 3.68. The Hall–Kier alpha value is -3.33. The Kier molecular flexibility index (Phi) is 6.75. The molecule has 2 aromatic rings. The molecule has 0 aliphatic rings. The SMILES string of the molecule is CC(C)C(=O)Nc1cccc(CNC(=O)CNc2ccc(C#N)cc2)c1. The van der Waals surface area contributed by atoms with Gasteiger partial charge in [0.1, 0.15) is 0 Å². The summed E-state index contributed by atoms with van der Waals surface area (Å²) < 4.78 is 0. The zero-order valence-electron chi connectivity index (χ0n) is 14.9. The number of nitrogens with one attached hydrogen (secondary N) is 3. The average Bonchev–Trinajstić information content (AvgIpc) is 2.65. The molecule has 0 aliphatic heterocycles. The molecule has 0 heterocycles. The number of anilines is 2. The van der Waals surface area contributed by atoms with E-state index >= 15 is 0 Å². The quantitative estimate of drug-likeness (QED) is 0.716. The van der Waals surface area contributed by atoms with Crippen molar-refractivity contribution in [1.29, 1.82) is 5.26 Å². The lowest BCUT2D eigenvalue weighted by Gasteiger charge is -2.11. The van der Waals surface area contributed by atoms with Crippen LogP contribution >= 0.6 is 0 Å². The summed E-state index contributed by atoms with van der Waals surface area (Å²) in [6.07, 6.45) is 0. The molecule has 0 aromatic heterocycles. The third kappa shape index (κ3) is 5.95. The summed E-state index contributed by atoms with van der Waals surface area (Å²) in [5.74, 6) is -0.282. The molecule has 0 radical (unpaired) electrons. The van der Waals surface area contributed by atoms with Crippen molar-refractivity contribution in [3.63, 3.8) is 0 Å². The van der Waals surface area contributed by atoms with E-state index in [9.17, 15) is 9.59 Å². The van der Waals surface area contributed by atoms with E-state index in [1.165, 1.54) is 0 Å². The summed E-state index contributed by atoms with van der Waals surface area (Å²) in [5.41, 5.74) is 2.96. The topological polar surface area (TPSA) is 94.0 Å². The smallest absolute Gasteiger partial charge is 0.239 e. The van der Waals surface area contributed by atoms with Gasteiger partial charge in [-0.15, -0.1) is 0 Å². The maximum atomic E-state index is 12.0. The Morgan fingerprint density at radius 1 is 1.08 bits per heavy atom. The van der Waals surface area contributed by atoms with Crippen molar-refractivity contribution in [3.05, 3.63) is 59.7 Å². The molecule has 0 bridgehead atoms. The summed E-state index contributed by atoms with van der Waals surface area (Å²) in [7, 11) is 0. The van der Waals surface area contributed by atoms with Gasteiger partial charge in [-0.25, -0.2) is 0 Å². The van der Waals surface area contributed by atoms with E-state index < -0.39 is 0 Å². The van der Waals surface area contributed by atoms with Crippen molar-refractivity contribution >= 4 is 23.2 Å². The van der Waals surface area contributed by atoms with Gasteiger partial charge in [0.05, 0.1) is 18.2 Å². The fourth-order valence-corrected chi connectivity index (χ4v) is 2.15. The van der Waals surface area contributed by atoms with Crippen LogP contribution in [0.1, 0.15) is 25.0 Å². The highest BCUT2D eigenvalue weighted by atomic mass is 16.2. The second kappa shape index (κ2) is 9.23. The Balaban J connectivity index is 1.81. The lowest BCUT2D eigenvalue weighted by atomic mass is 10.1. The van der Waals surface area contributed by atoms with E-state index in [2.05, 4.69) is 16.0 Å². The first-order chi connectivity index (χ1) is 12.5. The molecule has 2 aromatic carbocycles. The average molecular weight is 350 g/mol. The van der Waals surface area contributed by atoms with E-state index in [-0.39, 0.29) is 24.3 Å². The zero-order valence-corrected chi connectivity index (χ0v) is 14.9. The molecule has 0 fully saturated rings.